The molecule has 0 N–H and O–H groups in total. The minimum atomic E-state index is -2.70. The summed E-state index contributed by atoms with van der Waals surface area (Å²) in [5.74, 6) is 1.63. The third-order valence-electron chi connectivity index (χ3n) is 6.99. The highest BCUT2D eigenvalue weighted by Gasteiger charge is 2.43. The van der Waals surface area contributed by atoms with Crippen molar-refractivity contribution < 1.29 is 4.74 Å². The zero-order valence-electron chi connectivity index (χ0n) is 21.3. The third-order valence-corrected chi connectivity index (χ3v) is 11.6. The van der Waals surface area contributed by atoms with Crippen molar-refractivity contribution in [1.82, 2.24) is 9.88 Å². The van der Waals surface area contributed by atoms with Crippen molar-refractivity contribution in [3.05, 3.63) is 146 Å². The van der Waals surface area contributed by atoms with Gasteiger partial charge in [-0.25, -0.2) is 0 Å². The van der Waals surface area contributed by atoms with Crippen molar-refractivity contribution in [1.29, 1.82) is 0 Å². The molecule has 4 nitrogen and oxygen atoms in total. The topological polar surface area (TPSA) is 28.6 Å². The van der Waals surface area contributed by atoms with Gasteiger partial charge in [-0.3, -0.25) is 4.98 Å². The molecule has 6 rings (SSSR count). The third kappa shape index (κ3) is 4.48. The number of pyridine rings is 1. The SMILES string of the molecule is CN1C=CN(c2cccc(Oc3cccc([Si](c4ccccc4)(c4ccccc4)c4ccccn4)c3)c2)C1. The molecule has 0 amide bonds. The fraction of sp³-hybridized carbons (Fsp3) is 0.0606. The monoisotopic (exact) mass is 511 g/mol. The Balaban J connectivity index is 1.46. The van der Waals surface area contributed by atoms with E-state index in [0.29, 0.717) is 0 Å². The second kappa shape index (κ2) is 10.4. The molecule has 0 atom stereocenters. The van der Waals surface area contributed by atoms with Crippen LogP contribution in [0.1, 0.15) is 0 Å². The fourth-order valence-corrected chi connectivity index (χ4v) is 9.85. The molecule has 0 spiro atoms. The van der Waals surface area contributed by atoms with Crippen molar-refractivity contribution in [3.63, 3.8) is 0 Å². The lowest BCUT2D eigenvalue weighted by molar-refractivity contribution is 0.481. The summed E-state index contributed by atoms with van der Waals surface area (Å²) in [6.45, 7) is 0.825. The molecule has 1 aromatic heterocycles. The Morgan fingerprint density at radius 3 is 1.89 bits per heavy atom. The number of benzene rings is 4. The highest BCUT2D eigenvalue weighted by molar-refractivity contribution is 7.19. The van der Waals surface area contributed by atoms with Gasteiger partial charge < -0.3 is 14.5 Å². The van der Waals surface area contributed by atoms with E-state index in [1.165, 1.54) is 15.6 Å². The van der Waals surface area contributed by atoms with Crippen molar-refractivity contribution in [3.8, 4) is 11.5 Å². The Bertz CT molecular complexity index is 1440. The average Bonchev–Trinajstić information content (AvgIpc) is 3.42. The summed E-state index contributed by atoms with van der Waals surface area (Å²) in [5.41, 5.74) is 1.10. The second-order valence-corrected chi connectivity index (χ2v) is 13.2. The Labute approximate surface area is 225 Å². The molecule has 186 valence electrons. The largest absolute Gasteiger partial charge is 0.457 e. The van der Waals surface area contributed by atoms with E-state index < -0.39 is 8.07 Å². The first-order chi connectivity index (χ1) is 18.7. The molecule has 0 saturated heterocycles. The number of nitrogens with zero attached hydrogens (tertiary/aromatic N) is 3. The molecule has 0 fully saturated rings. The normalized spacial score (nSPS) is 13.1. The molecule has 0 unspecified atom stereocenters. The zero-order valence-corrected chi connectivity index (χ0v) is 22.3. The van der Waals surface area contributed by atoms with Gasteiger partial charge >= 0.3 is 0 Å². The van der Waals surface area contributed by atoms with Gasteiger partial charge in [0, 0.05) is 42.7 Å². The quantitative estimate of drug-likeness (QED) is 0.239. The fourth-order valence-electron chi connectivity index (χ4n) is 5.26. The van der Waals surface area contributed by atoms with E-state index in [9.17, 15) is 0 Å². The van der Waals surface area contributed by atoms with E-state index in [-0.39, 0.29) is 0 Å². The first-order valence-corrected chi connectivity index (χ1v) is 14.8. The molecule has 4 aromatic carbocycles. The molecule has 5 heteroatoms. The Kier molecular flexibility index (Phi) is 6.50. The molecular weight excluding hydrogens is 482 g/mol. The number of aromatic nitrogens is 1. The van der Waals surface area contributed by atoms with E-state index in [2.05, 4.69) is 132 Å². The molecule has 38 heavy (non-hydrogen) atoms. The molecule has 0 saturated carbocycles. The summed E-state index contributed by atoms with van der Waals surface area (Å²) in [4.78, 5) is 9.31. The number of ether oxygens (including phenoxy) is 1. The maximum Gasteiger partial charge on any atom is 0.201 e. The van der Waals surface area contributed by atoms with Crippen LogP contribution in [0.3, 0.4) is 0 Å². The summed E-state index contributed by atoms with van der Waals surface area (Å²) < 4.78 is 6.49. The molecule has 0 aliphatic carbocycles. The van der Waals surface area contributed by atoms with Crippen LogP contribution in [0, 0.1) is 0 Å². The van der Waals surface area contributed by atoms with Gasteiger partial charge in [0.15, 0.2) is 0 Å². The van der Waals surface area contributed by atoms with E-state index in [0.717, 1.165) is 29.2 Å². The first kappa shape index (κ1) is 23.8. The molecule has 2 heterocycles. The zero-order chi connectivity index (χ0) is 25.8. The lowest BCUT2D eigenvalue weighted by Crippen LogP contribution is -2.75. The van der Waals surface area contributed by atoms with Crippen LogP contribution in [-0.4, -0.2) is 31.7 Å². The predicted octanol–water partition coefficient (Wildman–Crippen LogP) is 4.43. The number of anilines is 1. The van der Waals surface area contributed by atoms with Crippen molar-refractivity contribution in [2.75, 3.05) is 18.6 Å². The van der Waals surface area contributed by atoms with E-state index >= 15 is 0 Å². The average molecular weight is 512 g/mol. The lowest BCUT2D eigenvalue weighted by Gasteiger charge is -2.33. The van der Waals surface area contributed by atoms with Gasteiger partial charge in [-0.05, 0) is 52.0 Å². The molecule has 1 aliphatic rings. The highest BCUT2D eigenvalue weighted by Crippen LogP contribution is 2.27. The van der Waals surface area contributed by atoms with Gasteiger partial charge in [0.1, 0.15) is 11.5 Å². The molecule has 0 radical (unpaired) electrons. The second-order valence-electron chi connectivity index (χ2n) is 9.49. The van der Waals surface area contributed by atoms with Crippen molar-refractivity contribution in [2.45, 2.75) is 0 Å². The number of hydrogen-bond donors (Lipinski definition) is 0. The van der Waals surface area contributed by atoms with Gasteiger partial charge in [0.25, 0.3) is 0 Å². The molecule has 1 aliphatic heterocycles. The van der Waals surface area contributed by atoms with Crippen LogP contribution >= 0.6 is 0 Å². The van der Waals surface area contributed by atoms with Gasteiger partial charge in [-0.15, -0.1) is 0 Å². The van der Waals surface area contributed by atoms with Crippen LogP contribution in [-0.2, 0) is 0 Å². The molecular formula is C33H29N3OSi. The van der Waals surface area contributed by atoms with Crippen LogP contribution < -0.4 is 30.5 Å². The Hall–Kier alpha value is -4.61. The maximum absolute atomic E-state index is 6.49. The van der Waals surface area contributed by atoms with E-state index in [4.69, 9.17) is 9.72 Å². The summed E-state index contributed by atoms with van der Waals surface area (Å²) in [6.07, 6.45) is 6.07. The Morgan fingerprint density at radius 1 is 0.632 bits per heavy atom. The summed E-state index contributed by atoms with van der Waals surface area (Å²) >= 11 is 0. The maximum atomic E-state index is 6.49. The van der Waals surface area contributed by atoms with Crippen LogP contribution in [0.2, 0.25) is 0 Å². The van der Waals surface area contributed by atoms with Crippen LogP contribution in [0.25, 0.3) is 0 Å². The molecule has 0 bridgehead atoms. The highest BCUT2D eigenvalue weighted by atomic mass is 28.3. The number of rotatable bonds is 7. The van der Waals surface area contributed by atoms with Gasteiger partial charge in [-0.2, -0.15) is 0 Å². The minimum Gasteiger partial charge on any atom is -0.457 e. The predicted molar refractivity (Wildman–Crippen MR) is 159 cm³/mol. The first-order valence-electron chi connectivity index (χ1n) is 12.8. The lowest BCUT2D eigenvalue weighted by atomic mass is 10.3. The van der Waals surface area contributed by atoms with Gasteiger partial charge in [-0.1, -0.05) is 84.9 Å². The summed E-state index contributed by atoms with van der Waals surface area (Å²) in [5, 5.41) is 4.90. The van der Waals surface area contributed by atoms with Crippen molar-refractivity contribution in [2.24, 2.45) is 0 Å². The van der Waals surface area contributed by atoms with Crippen LogP contribution in [0.5, 0.6) is 11.5 Å². The van der Waals surface area contributed by atoms with Gasteiger partial charge in [0.05, 0.1) is 6.67 Å². The number of hydrogen-bond acceptors (Lipinski definition) is 4. The molecule has 5 aromatic rings. The Morgan fingerprint density at radius 2 is 1.26 bits per heavy atom. The van der Waals surface area contributed by atoms with E-state index in [1.807, 2.05) is 30.5 Å². The summed E-state index contributed by atoms with van der Waals surface area (Å²) in [7, 11) is -0.633. The minimum absolute atomic E-state index is 0.812. The summed E-state index contributed by atoms with van der Waals surface area (Å²) in [6, 6.07) is 44.7. The van der Waals surface area contributed by atoms with E-state index in [1.54, 1.807) is 0 Å². The van der Waals surface area contributed by atoms with Crippen LogP contribution in [0.15, 0.2) is 146 Å². The standard InChI is InChI=1S/C33H29N3OSi/c1-35-22-23-36(26-35)27-12-10-13-28(24-27)37-29-14-11-19-32(25-29)38(30-15-4-2-5-16-30,31-17-6-3-7-18-31)33-20-8-9-21-34-33/h2-25H,26H2,1H3. The van der Waals surface area contributed by atoms with Crippen molar-refractivity contribution >= 4 is 34.6 Å². The van der Waals surface area contributed by atoms with Gasteiger partial charge in [0.2, 0.25) is 8.07 Å². The smallest absolute Gasteiger partial charge is 0.201 e. The van der Waals surface area contributed by atoms with Crippen LogP contribution in [0.4, 0.5) is 5.69 Å².